The lowest BCUT2D eigenvalue weighted by Gasteiger charge is -2.10. The van der Waals surface area contributed by atoms with Crippen LogP contribution in [0.2, 0.25) is 0 Å². The van der Waals surface area contributed by atoms with E-state index in [2.05, 4.69) is 4.74 Å². The van der Waals surface area contributed by atoms with Gasteiger partial charge < -0.3 is 9.84 Å². The van der Waals surface area contributed by atoms with E-state index in [0.29, 0.717) is 0 Å². The maximum Gasteiger partial charge on any atom is 0.308 e. The zero-order valence-electron chi connectivity index (χ0n) is 11.0. The van der Waals surface area contributed by atoms with Gasteiger partial charge in [0.05, 0.1) is 29.8 Å². The standard InChI is InChI=1S/C13H18O5S/c1-3-18-13(15)8-11(14)9-19(16,17)12-6-4-10(2)5-7-12/h4-7,11,14H,3,8-9H2,1-2H3. The maximum absolute atomic E-state index is 12.0. The molecule has 0 bridgehead atoms. The summed E-state index contributed by atoms with van der Waals surface area (Å²) >= 11 is 0. The van der Waals surface area contributed by atoms with Gasteiger partial charge in [0.2, 0.25) is 0 Å². The van der Waals surface area contributed by atoms with Crippen LogP contribution in [0.5, 0.6) is 0 Å². The summed E-state index contributed by atoms with van der Waals surface area (Å²) in [6, 6.07) is 6.35. The summed E-state index contributed by atoms with van der Waals surface area (Å²) < 4.78 is 28.6. The topological polar surface area (TPSA) is 80.7 Å². The van der Waals surface area contributed by atoms with Crippen molar-refractivity contribution in [1.82, 2.24) is 0 Å². The minimum absolute atomic E-state index is 0.140. The van der Waals surface area contributed by atoms with Crippen LogP contribution in [0.15, 0.2) is 29.2 Å². The number of aliphatic hydroxyl groups is 1. The molecule has 5 nitrogen and oxygen atoms in total. The molecule has 106 valence electrons. The van der Waals surface area contributed by atoms with Gasteiger partial charge >= 0.3 is 5.97 Å². The van der Waals surface area contributed by atoms with E-state index < -0.39 is 27.7 Å². The smallest absolute Gasteiger partial charge is 0.308 e. The zero-order valence-corrected chi connectivity index (χ0v) is 11.8. The van der Waals surface area contributed by atoms with Crippen LogP contribution in [-0.4, -0.2) is 38.0 Å². The fourth-order valence-corrected chi connectivity index (χ4v) is 2.93. The number of hydrogen-bond acceptors (Lipinski definition) is 5. The van der Waals surface area contributed by atoms with Crippen molar-refractivity contribution >= 4 is 15.8 Å². The molecule has 1 atom stereocenters. The maximum atomic E-state index is 12.0. The van der Waals surface area contributed by atoms with Gasteiger partial charge in [-0.3, -0.25) is 4.79 Å². The Morgan fingerprint density at radius 2 is 1.89 bits per heavy atom. The van der Waals surface area contributed by atoms with E-state index in [9.17, 15) is 18.3 Å². The number of esters is 1. The number of hydrogen-bond donors (Lipinski definition) is 1. The minimum Gasteiger partial charge on any atom is -0.466 e. The summed E-state index contributed by atoms with van der Waals surface area (Å²) in [7, 11) is -3.59. The Kier molecular flexibility index (Phi) is 5.50. The predicted octanol–water partition coefficient (Wildman–Crippen LogP) is 1.08. The van der Waals surface area contributed by atoms with Crippen LogP contribution in [0.4, 0.5) is 0 Å². The number of sulfone groups is 1. The van der Waals surface area contributed by atoms with Crippen molar-refractivity contribution in [3.63, 3.8) is 0 Å². The van der Waals surface area contributed by atoms with Gasteiger partial charge in [-0.25, -0.2) is 8.42 Å². The number of aryl methyl sites for hydroxylation is 1. The predicted molar refractivity (Wildman–Crippen MR) is 70.5 cm³/mol. The third-order valence-electron chi connectivity index (χ3n) is 2.50. The number of ether oxygens (including phenoxy) is 1. The second-order valence-corrected chi connectivity index (χ2v) is 6.29. The highest BCUT2D eigenvalue weighted by molar-refractivity contribution is 7.91. The Hall–Kier alpha value is -1.40. The third-order valence-corrected chi connectivity index (χ3v) is 4.31. The average molecular weight is 286 g/mol. The highest BCUT2D eigenvalue weighted by Gasteiger charge is 2.22. The Labute approximate surface area is 113 Å². The summed E-state index contributed by atoms with van der Waals surface area (Å²) in [5.74, 6) is -1.09. The van der Waals surface area contributed by atoms with Crippen molar-refractivity contribution in [2.45, 2.75) is 31.3 Å². The van der Waals surface area contributed by atoms with E-state index in [0.717, 1.165) is 5.56 Å². The molecular formula is C13H18O5S. The summed E-state index contributed by atoms with van der Waals surface area (Å²) in [4.78, 5) is 11.3. The van der Waals surface area contributed by atoms with E-state index in [1.54, 1.807) is 19.1 Å². The van der Waals surface area contributed by atoms with Crippen molar-refractivity contribution in [1.29, 1.82) is 0 Å². The highest BCUT2D eigenvalue weighted by atomic mass is 32.2. The molecule has 0 amide bonds. The Bertz CT molecular complexity index is 518. The second kappa shape index (κ2) is 6.68. The molecule has 1 aromatic carbocycles. The molecule has 0 aliphatic heterocycles. The monoisotopic (exact) mass is 286 g/mol. The minimum atomic E-state index is -3.59. The van der Waals surface area contributed by atoms with Gasteiger partial charge in [0, 0.05) is 0 Å². The fourth-order valence-electron chi connectivity index (χ4n) is 1.57. The lowest BCUT2D eigenvalue weighted by Crippen LogP contribution is -2.24. The van der Waals surface area contributed by atoms with Crippen LogP contribution in [0.1, 0.15) is 18.9 Å². The van der Waals surface area contributed by atoms with Crippen LogP contribution in [0.25, 0.3) is 0 Å². The van der Waals surface area contributed by atoms with Crippen molar-refractivity contribution in [2.75, 3.05) is 12.4 Å². The molecule has 6 heteroatoms. The van der Waals surface area contributed by atoms with Crippen molar-refractivity contribution in [3.8, 4) is 0 Å². The van der Waals surface area contributed by atoms with Crippen LogP contribution in [-0.2, 0) is 19.4 Å². The number of rotatable bonds is 6. The molecule has 0 heterocycles. The lowest BCUT2D eigenvalue weighted by molar-refractivity contribution is -0.144. The number of carbonyl (C=O) groups is 1. The van der Waals surface area contributed by atoms with Gasteiger partial charge in [0.1, 0.15) is 0 Å². The number of aliphatic hydroxyl groups excluding tert-OH is 1. The summed E-state index contributed by atoms with van der Waals surface area (Å²) in [5.41, 5.74) is 0.950. The molecule has 0 radical (unpaired) electrons. The lowest BCUT2D eigenvalue weighted by atomic mass is 10.2. The average Bonchev–Trinajstić information content (AvgIpc) is 2.28. The normalized spacial score (nSPS) is 13.0. The van der Waals surface area contributed by atoms with E-state index in [4.69, 9.17) is 0 Å². The first-order chi connectivity index (χ1) is 8.85. The Morgan fingerprint density at radius 1 is 1.32 bits per heavy atom. The van der Waals surface area contributed by atoms with Crippen molar-refractivity contribution in [3.05, 3.63) is 29.8 Å². The largest absolute Gasteiger partial charge is 0.466 e. The first-order valence-electron chi connectivity index (χ1n) is 5.98. The molecule has 1 unspecified atom stereocenters. The van der Waals surface area contributed by atoms with Crippen molar-refractivity contribution in [2.24, 2.45) is 0 Å². The van der Waals surface area contributed by atoms with E-state index in [1.165, 1.54) is 12.1 Å². The van der Waals surface area contributed by atoms with Gasteiger partial charge in [-0.1, -0.05) is 17.7 Å². The fraction of sp³-hybridized carbons (Fsp3) is 0.462. The Morgan fingerprint density at radius 3 is 2.42 bits per heavy atom. The highest BCUT2D eigenvalue weighted by Crippen LogP contribution is 2.14. The molecule has 0 saturated heterocycles. The van der Waals surface area contributed by atoms with Gasteiger partial charge in [0.25, 0.3) is 0 Å². The van der Waals surface area contributed by atoms with Gasteiger partial charge in [-0.05, 0) is 26.0 Å². The zero-order chi connectivity index (χ0) is 14.5. The van der Waals surface area contributed by atoms with Crippen LogP contribution < -0.4 is 0 Å². The molecule has 1 aromatic rings. The molecular weight excluding hydrogens is 268 g/mol. The van der Waals surface area contributed by atoms with Gasteiger partial charge in [0.15, 0.2) is 9.84 Å². The molecule has 19 heavy (non-hydrogen) atoms. The summed E-state index contributed by atoms with van der Waals surface area (Å²) in [6.07, 6.45) is -1.58. The first-order valence-corrected chi connectivity index (χ1v) is 7.63. The van der Waals surface area contributed by atoms with Crippen LogP contribution in [0.3, 0.4) is 0 Å². The second-order valence-electron chi connectivity index (χ2n) is 4.26. The first kappa shape index (κ1) is 15.7. The SMILES string of the molecule is CCOC(=O)CC(O)CS(=O)(=O)c1ccc(C)cc1. The molecule has 1 N–H and O–H groups in total. The number of carbonyl (C=O) groups excluding carboxylic acids is 1. The molecule has 0 spiro atoms. The summed E-state index contributed by atoms with van der Waals surface area (Å²) in [5, 5.41) is 9.62. The molecule has 0 aliphatic rings. The third kappa shape index (κ3) is 5.00. The van der Waals surface area contributed by atoms with E-state index >= 15 is 0 Å². The van der Waals surface area contributed by atoms with Gasteiger partial charge in [-0.15, -0.1) is 0 Å². The van der Waals surface area contributed by atoms with E-state index in [1.807, 2.05) is 6.92 Å². The molecule has 0 aromatic heterocycles. The number of benzene rings is 1. The van der Waals surface area contributed by atoms with Crippen LogP contribution >= 0.6 is 0 Å². The van der Waals surface area contributed by atoms with Gasteiger partial charge in [-0.2, -0.15) is 0 Å². The quantitative estimate of drug-likeness (QED) is 0.792. The molecule has 0 aliphatic carbocycles. The molecule has 0 saturated carbocycles. The Balaban J connectivity index is 2.69. The van der Waals surface area contributed by atoms with Crippen molar-refractivity contribution < 1.29 is 23.1 Å². The summed E-state index contributed by atoms with van der Waals surface area (Å²) in [6.45, 7) is 3.70. The molecule has 0 fully saturated rings. The molecule has 1 rings (SSSR count). The van der Waals surface area contributed by atoms with Crippen LogP contribution in [0, 0.1) is 6.92 Å². The van der Waals surface area contributed by atoms with E-state index in [-0.39, 0.29) is 17.9 Å².